The summed E-state index contributed by atoms with van der Waals surface area (Å²) < 4.78 is 78.5. The Bertz CT molecular complexity index is 2510. The van der Waals surface area contributed by atoms with Crippen LogP contribution in [0.4, 0.5) is 11.4 Å². The normalized spacial score (nSPS) is 12.0. The van der Waals surface area contributed by atoms with Crippen LogP contribution in [0.25, 0.3) is 0 Å². The zero-order valence-electron chi connectivity index (χ0n) is 35.5. The third kappa shape index (κ3) is 9.31. The second-order valence-electron chi connectivity index (χ2n) is 14.1. The number of nitrogens with zero attached hydrogens (tertiary/aromatic N) is 1. The van der Waals surface area contributed by atoms with Crippen molar-refractivity contribution in [2.45, 2.75) is 86.0 Å². The fourth-order valence-corrected chi connectivity index (χ4v) is 9.97. The first-order chi connectivity index (χ1) is 27.6. The summed E-state index contributed by atoms with van der Waals surface area (Å²) >= 11 is 0. The predicted molar refractivity (Wildman–Crippen MR) is 224 cm³/mol. The molecular weight excluding hydrogens is 803 g/mol. The van der Waals surface area contributed by atoms with E-state index in [1.54, 1.807) is 84.6 Å². The Morgan fingerprint density at radius 2 is 1.32 bits per heavy atom. The zero-order chi connectivity index (χ0) is 44.3. The van der Waals surface area contributed by atoms with E-state index < -0.39 is 31.8 Å². The van der Waals surface area contributed by atoms with Crippen molar-refractivity contribution >= 4 is 43.3 Å². The maximum absolute atomic E-state index is 13.3. The molecule has 4 aromatic rings. The Labute approximate surface area is 346 Å². The lowest BCUT2D eigenvalue weighted by atomic mass is 9.95. The van der Waals surface area contributed by atoms with E-state index in [4.69, 9.17) is 18.9 Å². The van der Waals surface area contributed by atoms with Crippen molar-refractivity contribution in [3.63, 3.8) is 0 Å². The minimum atomic E-state index is -4.00. The molecule has 0 fully saturated rings. The Hall–Kier alpha value is -5.68. The van der Waals surface area contributed by atoms with Crippen molar-refractivity contribution in [3.8, 4) is 28.7 Å². The number of methoxy groups -OCH3 is 1. The standard InChI is InChI=1S/C23H32N2O5S.C19H21NO7S/c1-9-25(10-2)23(27)20-17(7)21(15(5)16(6)22(20)26)24-31(28,29)19-12-13(3)18(30-8)11-14(19)4;1-5-25-19(22)13-8-14(16-17(15(13)21)27-9-26-16)20-28(23,24)18-11(3)6-10(2)7-12(18)4/h11-12,24,26H,9-10H2,1-8H3;6-8,20-21H,5,9H2,1-4H3. The number of esters is 1. The highest BCUT2D eigenvalue weighted by Crippen LogP contribution is 2.49. The third-order valence-electron chi connectivity index (χ3n) is 9.99. The molecule has 17 heteroatoms. The summed E-state index contributed by atoms with van der Waals surface area (Å²) in [6, 6.07) is 7.97. The minimum absolute atomic E-state index is 0.0107. The molecule has 1 aliphatic heterocycles. The minimum Gasteiger partial charge on any atom is -0.507 e. The molecule has 1 heterocycles. The average molecular weight is 856 g/mol. The first-order valence-corrected chi connectivity index (χ1v) is 21.8. The molecule has 0 aliphatic carbocycles. The van der Waals surface area contributed by atoms with Crippen LogP contribution in [-0.2, 0) is 24.8 Å². The number of amides is 1. The molecule has 0 aromatic heterocycles. The molecule has 4 N–H and O–H groups in total. The van der Waals surface area contributed by atoms with Crippen molar-refractivity contribution in [1.82, 2.24) is 4.90 Å². The topological polar surface area (TPSA) is 207 Å². The number of phenols is 2. The molecule has 0 spiro atoms. The number of benzene rings is 4. The molecule has 15 nitrogen and oxygen atoms in total. The number of carbonyl (C=O) groups excluding carboxylic acids is 2. The van der Waals surface area contributed by atoms with E-state index in [-0.39, 0.29) is 63.2 Å². The van der Waals surface area contributed by atoms with Gasteiger partial charge in [0, 0.05) is 13.1 Å². The van der Waals surface area contributed by atoms with Crippen LogP contribution >= 0.6 is 0 Å². The van der Waals surface area contributed by atoms with E-state index in [1.165, 1.54) is 13.2 Å². The van der Waals surface area contributed by atoms with Gasteiger partial charge in [-0.05, 0) is 133 Å². The molecular formula is C42H53N3O12S2. The van der Waals surface area contributed by atoms with E-state index in [0.29, 0.717) is 63.5 Å². The van der Waals surface area contributed by atoms with Gasteiger partial charge in [-0.15, -0.1) is 0 Å². The van der Waals surface area contributed by atoms with Crippen molar-refractivity contribution in [2.24, 2.45) is 0 Å². The highest BCUT2D eigenvalue weighted by molar-refractivity contribution is 7.93. The fraction of sp³-hybridized carbons (Fsp3) is 0.381. The van der Waals surface area contributed by atoms with Crippen molar-refractivity contribution in [2.75, 3.05) is 43.0 Å². The number of aryl methyl sites for hydroxylation is 5. The number of aromatic hydroxyl groups is 2. The van der Waals surface area contributed by atoms with Gasteiger partial charge in [0.2, 0.25) is 12.5 Å². The molecule has 0 bridgehead atoms. The zero-order valence-corrected chi connectivity index (χ0v) is 37.1. The van der Waals surface area contributed by atoms with E-state index in [2.05, 4.69) is 9.44 Å². The second kappa shape index (κ2) is 18.1. The number of sulfonamides is 2. The SMILES string of the molecule is CCN(CC)C(=O)c1c(C)c(NS(=O)(=O)c2cc(C)c(OC)cc2C)c(C)c(C)c1O.CCOC(=O)c1cc(NS(=O)(=O)c2c(C)cc(C)cc2C)c2c(c1O)OCO2. The van der Waals surface area contributed by atoms with Gasteiger partial charge in [0.15, 0.2) is 11.5 Å². The number of hydrogen-bond acceptors (Lipinski definition) is 12. The van der Waals surface area contributed by atoms with Crippen LogP contribution in [0.1, 0.15) is 86.0 Å². The van der Waals surface area contributed by atoms with E-state index in [1.807, 2.05) is 20.8 Å². The molecule has 0 saturated carbocycles. The summed E-state index contributed by atoms with van der Waals surface area (Å²) in [6.45, 7) is 20.0. The molecule has 0 saturated heterocycles. The van der Waals surface area contributed by atoms with Crippen LogP contribution in [-0.4, -0.2) is 77.4 Å². The quantitative estimate of drug-likeness (QED) is 0.0821. The largest absolute Gasteiger partial charge is 0.507 e. The van der Waals surface area contributed by atoms with E-state index in [0.717, 1.165) is 5.56 Å². The number of rotatable bonds is 12. The summed E-state index contributed by atoms with van der Waals surface area (Å²) in [7, 11) is -6.42. The molecule has 1 aliphatic rings. The van der Waals surface area contributed by atoms with Gasteiger partial charge in [-0.3, -0.25) is 14.2 Å². The molecule has 0 unspecified atom stereocenters. The fourth-order valence-electron chi connectivity index (χ4n) is 6.96. The maximum Gasteiger partial charge on any atom is 0.342 e. The lowest BCUT2D eigenvalue weighted by molar-refractivity contribution is 0.0522. The van der Waals surface area contributed by atoms with Crippen LogP contribution < -0.4 is 23.7 Å². The number of fused-ring (bicyclic) bond motifs is 1. The van der Waals surface area contributed by atoms with Gasteiger partial charge < -0.3 is 34.1 Å². The first-order valence-electron chi connectivity index (χ1n) is 18.8. The number of nitrogens with one attached hydrogen (secondary N) is 2. The number of ether oxygens (including phenoxy) is 4. The summed E-state index contributed by atoms with van der Waals surface area (Å²) in [6.07, 6.45) is 0. The molecule has 4 aromatic carbocycles. The highest BCUT2D eigenvalue weighted by atomic mass is 32.2. The Morgan fingerprint density at radius 1 is 0.729 bits per heavy atom. The molecule has 0 radical (unpaired) electrons. The van der Waals surface area contributed by atoms with Gasteiger partial charge in [-0.1, -0.05) is 17.7 Å². The van der Waals surface area contributed by atoms with Crippen molar-refractivity contribution in [3.05, 3.63) is 86.0 Å². The van der Waals surface area contributed by atoms with E-state index >= 15 is 0 Å². The average Bonchev–Trinajstić information content (AvgIpc) is 3.66. The Kier molecular flexibility index (Phi) is 14.1. The molecule has 5 rings (SSSR count). The predicted octanol–water partition coefficient (Wildman–Crippen LogP) is 7.25. The number of phenolic OH excluding ortho intramolecular Hbond substituents is 2. The van der Waals surface area contributed by atoms with E-state index in [9.17, 15) is 36.6 Å². The number of carbonyl (C=O) groups is 2. The third-order valence-corrected chi connectivity index (χ3v) is 13.2. The summed E-state index contributed by atoms with van der Waals surface area (Å²) in [5.41, 5.74) is 4.95. The van der Waals surface area contributed by atoms with Gasteiger partial charge >= 0.3 is 5.97 Å². The smallest absolute Gasteiger partial charge is 0.342 e. The lowest BCUT2D eigenvalue weighted by Gasteiger charge is -2.24. The lowest BCUT2D eigenvalue weighted by Crippen LogP contribution is -2.31. The van der Waals surface area contributed by atoms with Crippen LogP contribution in [0.5, 0.6) is 28.7 Å². The van der Waals surface area contributed by atoms with Gasteiger partial charge in [0.1, 0.15) is 17.1 Å². The van der Waals surface area contributed by atoms with Gasteiger partial charge in [-0.25, -0.2) is 21.6 Å². The first kappa shape index (κ1) is 46.0. The molecule has 0 atom stereocenters. The molecule has 59 heavy (non-hydrogen) atoms. The van der Waals surface area contributed by atoms with Crippen LogP contribution in [0, 0.1) is 55.4 Å². The second-order valence-corrected chi connectivity index (χ2v) is 17.4. The van der Waals surface area contributed by atoms with Crippen LogP contribution in [0.15, 0.2) is 40.1 Å². The van der Waals surface area contributed by atoms with Gasteiger partial charge in [0.25, 0.3) is 26.0 Å². The van der Waals surface area contributed by atoms with Crippen molar-refractivity contribution < 1.29 is 55.6 Å². The molecule has 320 valence electrons. The molecule has 1 amide bonds. The van der Waals surface area contributed by atoms with Crippen LogP contribution in [0.3, 0.4) is 0 Å². The van der Waals surface area contributed by atoms with Crippen LogP contribution in [0.2, 0.25) is 0 Å². The van der Waals surface area contributed by atoms with Crippen molar-refractivity contribution in [1.29, 1.82) is 0 Å². The van der Waals surface area contributed by atoms with Gasteiger partial charge in [0.05, 0.1) is 40.4 Å². The summed E-state index contributed by atoms with van der Waals surface area (Å²) in [5, 5.41) is 21.0. The summed E-state index contributed by atoms with van der Waals surface area (Å²) in [4.78, 5) is 27.0. The van der Waals surface area contributed by atoms with Gasteiger partial charge in [-0.2, -0.15) is 0 Å². The number of anilines is 2. The number of hydrogen-bond donors (Lipinski definition) is 4. The summed E-state index contributed by atoms with van der Waals surface area (Å²) in [5.74, 6) is -1.21. The Balaban J connectivity index is 0.000000262. The Morgan fingerprint density at radius 3 is 1.88 bits per heavy atom. The maximum atomic E-state index is 13.3. The monoisotopic (exact) mass is 855 g/mol. The highest BCUT2D eigenvalue weighted by Gasteiger charge is 2.32.